The van der Waals surface area contributed by atoms with Crippen molar-refractivity contribution >= 4 is 34.0 Å². The lowest BCUT2D eigenvalue weighted by Gasteiger charge is -2.15. The van der Waals surface area contributed by atoms with E-state index in [1.54, 1.807) is 0 Å². The summed E-state index contributed by atoms with van der Waals surface area (Å²) in [7, 11) is 0. The molecule has 2 N–H and O–H groups in total. The first-order valence-electron chi connectivity index (χ1n) is 7.17. The highest BCUT2D eigenvalue weighted by Crippen LogP contribution is 2.31. The molecule has 110 valence electrons. The van der Waals surface area contributed by atoms with E-state index >= 15 is 0 Å². The molecule has 0 bridgehead atoms. The van der Waals surface area contributed by atoms with Crippen molar-refractivity contribution in [3.05, 3.63) is 81.9 Å². The fraction of sp³-hybridized carbons (Fsp3) is 0.0526. The Morgan fingerprint density at radius 3 is 2.05 bits per heavy atom. The van der Waals surface area contributed by atoms with Crippen molar-refractivity contribution in [1.29, 1.82) is 0 Å². The second kappa shape index (κ2) is 6.83. The van der Waals surface area contributed by atoms with Gasteiger partial charge < -0.3 is 10.9 Å². The second-order valence-electron chi connectivity index (χ2n) is 5.14. The van der Waals surface area contributed by atoms with Crippen molar-refractivity contribution in [2.24, 2.45) is 0 Å². The van der Waals surface area contributed by atoms with Crippen LogP contribution in [0.3, 0.4) is 0 Å². The number of hydrogen-bond acceptors (Lipinski definition) is 2. The van der Waals surface area contributed by atoms with Gasteiger partial charge in [-0.1, -0.05) is 54.1 Å². The number of halogens is 1. The molecule has 0 aliphatic heterocycles. The Balaban J connectivity index is 1.86. The number of anilines is 2. The molecule has 3 aromatic carbocycles. The van der Waals surface area contributed by atoms with Crippen LogP contribution < -0.4 is 10.9 Å². The highest BCUT2D eigenvalue weighted by molar-refractivity contribution is 14.1. The molecule has 3 heteroatoms. The molecule has 2 nitrogen and oxygen atoms in total. The first kappa shape index (κ1) is 14.9. The minimum absolute atomic E-state index is 1.04. The monoisotopic (exact) mass is 400 g/mol. The Morgan fingerprint density at radius 2 is 1.32 bits per heavy atom. The molecule has 3 rings (SSSR count). The number of benzene rings is 3. The van der Waals surface area contributed by atoms with Crippen molar-refractivity contribution < 1.29 is 0 Å². The van der Waals surface area contributed by atoms with Crippen LogP contribution in [0.4, 0.5) is 11.4 Å². The van der Waals surface area contributed by atoms with Gasteiger partial charge in [0, 0.05) is 9.13 Å². The van der Waals surface area contributed by atoms with Crippen molar-refractivity contribution in [2.45, 2.75) is 6.92 Å². The predicted molar refractivity (Wildman–Crippen MR) is 103 cm³/mol. The highest BCUT2D eigenvalue weighted by atomic mass is 127. The zero-order valence-corrected chi connectivity index (χ0v) is 14.5. The quantitative estimate of drug-likeness (QED) is 0.433. The molecule has 0 atom stereocenters. The minimum atomic E-state index is 1.04. The summed E-state index contributed by atoms with van der Waals surface area (Å²) in [4.78, 5) is 0. The molecule has 0 aromatic heterocycles. The molecule has 3 aromatic rings. The third-order valence-electron chi connectivity index (χ3n) is 3.48. The molecule has 0 saturated heterocycles. The summed E-state index contributed by atoms with van der Waals surface area (Å²) in [6.45, 7) is 2.09. The Labute approximate surface area is 144 Å². The average molecular weight is 400 g/mol. The zero-order valence-electron chi connectivity index (χ0n) is 12.3. The van der Waals surface area contributed by atoms with Crippen LogP contribution in [0.5, 0.6) is 0 Å². The van der Waals surface area contributed by atoms with Crippen molar-refractivity contribution in [1.82, 2.24) is 0 Å². The van der Waals surface area contributed by atoms with Gasteiger partial charge in [-0.25, -0.2) is 0 Å². The Kier molecular flexibility index (Phi) is 4.63. The third-order valence-corrected chi connectivity index (χ3v) is 4.42. The van der Waals surface area contributed by atoms with Gasteiger partial charge in [0.2, 0.25) is 0 Å². The fourth-order valence-electron chi connectivity index (χ4n) is 2.28. The van der Waals surface area contributed by atoms with E-state index in [9.17, 15) is 0 Å². The second-order valence-corrected chi connectivity index (χ2v) is 6.30. The summed E-state index contributed by atoms with van der Waals surface area (Å²) in [5.41, 5.74) is 12.4. The van der Waals surface area contributed by atoms with Crippen molar-refractivity contribution in [2.75, 3.05) is 10.9 Å². The third kappa shape index (κ3) is 3.42. The Bertz CT molecular complexity index is 766. The summed E-state index contributed by atoms with van der Waals surface area (Å²) in [5.74, 6) is 0. The number of aryl methyl sites for hydroxylation is 1. The molecule has 0 unspecified atom stereocenters. The molecule has 0 radical (unpaired) electrons. The van der Waals surface area contributed by atoms with E-state index in [4.69, 9.17) is 0 Å². The van der Waals surface area contributed by atoms with Gasteiger partial charge in [0.1, 0.15) is 0 Å². The normalized spacial score (nSPS) is 10.3. The van der Waals surface area contributed by atoms with Crippen LogP contribution in [0, 0.1) is 10.5 Å². The van der Waals surface area contributed by atoms with E-state index in [1.807, 2.05) is 6.07 Å². The molecule has 0 aliphatic carbocycles. The number of rotatable bonds is 4. The maximum absolute atomic E-state index is 3.32. The van der Waals surface area contributed by atoms with Gasteiger partial charge in [0.15, 0.2) is 0 Å². The lowest BCUT2D eigenvalue weighted by atomic mass is 10.0. The molecule has 0 heterocycles. The molecule has 0 amide bonds. The van der Waals surface area contributed by atoms with Crippen LogP contribution in [0.15, 0.2) is 72.8 Å². The lowest BCUT2D eigenvalue weighted by molar-refractivity contribution is 1.39. The van der Waals surface area contributed by atoms with Crippen LogP contribution in [-0.2, 0) is 0 Å². The maximum atomic E-state index is 3.32. The summed E-state index contributed by atoms with van der Waals surface area (Å²) < 4.78 is 1.24. The van der Waals surface area contributed by atoms with Crippen LogP contribution in [0.25, 0.3) is 11.1 Å². The molecule has 0 fully saturated rings. The van der Waals surface area contributed by atoms with E-state index in [-0.39, 0.29) is 0 Å². The summed E-state index contributed by atoms with van der Waals surface area (Å²) in [6.07, 6.45) is 0. The molecular formula is C19H17IN2. The van der Waals surface area contributed by atoms with Gasteiger partial charge in [-0.15, -0.1) is 0 Å². The van der Waals surface area contributed by atoms with Crippen LogP contribution in [-0.4, -0.2) is 0 Å². The van der Waals surface area contributed by atoms with E-state index in [0.717, 1.165) is 11.4 Å². The first-order chi connectivity index (χ1) is 10.7. The standard InChI is InChI=1S/C19H17IN2/c1-14-10-12-15(13-11-14)21-22-19-9-5-3-7-17(19)16-6-2-4-8-18(16)20/h2-13,21-22H,1H3. The Hall–Kier alpha value is -2.01. The summed E-state index contributed by atoms with van der Waals surface area (Å²) in [6, 6.07) is 25.0. The zero-order chi connectivity index (χ0) is 15.4. The van der Waals surface area contributed by atoms with Crippen LogP contribution in [0.2, 0.25) is 0 Å². The predicted octanol–water partition coefficient (Wildman–Crippen LogP) is 5.71. The topological polar surface area (TPSA) is 24.1 Å². The highest BCUT2D eigenvalue weighted by Gasteiger charge is 2.07. The maximum Gasteiger partial charge on any atom is 0.0618 e. The summed E-state index contributed by atoms with van der Waals surface area (Å²) >= 11 is 2.38. The van der Waals surface area contributed by atoms with E-state index < -0.39 is 0 Å². The average Bonchev–Trinajstić information content (AvgIpc) is 2.55. The van der Waals surface area contributed by atoms with E-state index in [0.29, 0.717) is 0 Å². The fourth-order valence-corrected chi connectivity index (χ4v) is 2.96. The Morgan fingerprint density at radius 1 is 0.682 bits per heavy atom. The summed E-state index contributed by atoms with van der Waals surface area (Å²) in [5, 5.41) is 0. The van der Waals surface area contributed by atoms with Gasteiger partial charge in [-0.3, -0.25) is 0 Å². The van der Waals surface area contributed by atoms with Gasteiger partial charge in [-0.2, -0.15) is 0 Å². The minimum Gasteiger partial charge on any atom is -0.301 e. The van der Waals surface area contributed by atoms with Gasteiger partial charge in [0.05, 0.1) is 11.4 Å². The molecule has 0 saturated carbocycles. The first-order valence-corrected chi connectivity index (χ1v) is 8.24. The number of hydrogen-bond donors (Lipinski definition) is 2. The smallest absolute Gasteiger partial charge is 0.0618 e. The van der Waals surface area contributed by atoms with E-state index in [1.165, 1.54) is 20.3 Å². The van der Waals surface area contributed by atoms with Crippen LogP contribution >= 0.6 is 22.6 Å². The largest absolute Gasteiger partial charge is 0.301 e. The van der Waals surface area contributed by atoms with Crippen LogP contribution in [0.1, 0.15) is 5.56 Å². The van der Waals surface area contributed by atoms with Crippen molar-refractivity contribution in [3.8, 4) is 11.1 Å². The van der Waals surface area contributed by atoms with Gasteiger partial charge in [-0.05, 0) is 59.3 Å². The van der Waals surface area contributed by atoms with Gasteiger partial charge >= 0.3 is 0 Å². The number of hydrazine groups is 1. The molecular weight excluding hydrogens is 383 g/mol. The number of para-hydroxylation sites is 1. The number of nitrogens with one attached hydrogen (secondary N) is 2. The van der Waals surface area contributed by atoms with E-state index in [2.05, 4.69) is 107 Å². The SMILES string of the molecule is Cc1ccc(NNc2ccccc2-c2ccccc2I)cc1. The van der Waals surface area contributed by atoms with Gasteiger partial charge in [0.25, 0.3) is 0 Å². The molecule has 0 spiro atoms. The molecule has 0 aliphatic rings. The lowest BCUT2D eigenvalue weighted by Crippen LogP contribution is -2.09. The van der Waals surface area contributed by atoms with Crippen molar-refractivity contribution in [3.63, 3.8) is 0 Å². The molecule has 22 heavy (non-hydrogen) atoms.